The van der Waals surface area contributed by atoms with Crippen LogP contribution in [0.2, 0.25) is 10.0 Å². The van der Waals surface area contributed by atoms with E-state index in [2.05, 4.69) is 86.7 Å². The number of halogens is 2. The lowest BCUT2D eigenvalue weighted by Gasteiger charge is -2.47. The van der Waals surface area contributed by atoms with E-state index in [0.29, 0.717) is 112 Å². The van der Waals surface area contributed by atoms with Crippen LogP contribution < -0.4 is 20.7 Å². The predicted molar refractivity (Wildman–Crippen MR) is 328 cm³/mol. The number of ether oxygens (including phenoxy) is 1. The fourth-order valence-electron chi connectivity index (χ4n) is 12.1. The largest absolute Gasteiger partial charge is 0.493 e. The zero-order valence-electron chi connectivity index (χ0n) is 49.3. The van der Waals surface area contributed by atoms with Crippen LogP contribution in [0, 0.1) is 11.3 Å². The van der Waals surface area contributed by atoms with Gasteiger partial charge < -0.3 is 35.4 Å². The summed E-state index contributed by atoms with van der Waals surface area (Å²) in [5.74, 6) is 0.883. The molecule has 0 aliphatic carbocycles. The summed E-state index contributed by atoms with van der Waals surface area (Å²) in [5, 5.41) is 10.7. The van der Waals surface area contributed by atoms with Crippen molar-refractivity contribution in [3.05, 3.63) is 140 Å². The Kier molecular flexibility index (Phi) is 18.2. The van der Waals surface area contributed by atoms with Crippen LogP contribution >= 0.6 is 35.0 Å². The SMILES string of the molecule is CCOc1cc(C(C)(C)C)ccc1C1=N[C@](C)(c2ccc(Cl)cc2)[C@](C)(c2ccc(Cl)cc2)N1C(=O)N1CCN(CC(=O)N2CCC(C(=O)N[C@H](C(=O)N3CCC[C@H]3C(=O)NCc3ccc(C4=C(C)NCS4)cc3)C(C)(C)C)CC2)CC1. The van der Waals surface area contributed by atoms with E-state index in [1.54, 1.807) is 16.7 Å². The number of rotatable bonds is 14. The second kappa shape index (κ2) is 24.6. The third kappa shape index (κ3) is 12.6. The van der Waals surface area contributed by atoms with Crippen molar-refractivity contribution in [1.82, 2.24) is 40.4 Å². The number of thioether (sulfide) groups is 1. The first-order valence-electron chi connectivity index (χ1n) is 29.0. The Morgan fingerprint density at radius 3 is 2.00 bits per heavy atom. The lowest BCUT2D eigenvalue weighted by Crippen LogP contribution is -2.61. The minimum absolute atomic E-state index is 0.0321. The number of amides is 6. The Labute approximate surface area is 498 Å². The zero-order chi connectivity index (χ0) is 58.9. The first-order chi connectivity index (χ1) is 38.9. The Morgan fingerprint density at radius 2 is 1.41 bits per heavy atom. The molecule has 3 fully saturated rings. The zero-order valence-corrected chi connectivity index (χ0v) is 51.6. The van der Waals surface area contributed by atoms with Gasteiger partial charge in [0.2, 0.25) is 23.6 Å². The molecule has 18 heteroatoms. The van der Waals surface area contributed by atoms with E-state index >= 15 is 4.79 Å². The Hall–Kier alpha value is -6.07. The molecule has 0 saturated carbocycles. The topological polar surface area (TPSA) is 159 Å². The van der Waals surface area contributed by atoms with Crippen molar-refractivity contribution in [2.45, 2.75) is 130 Å². The van der Waals surface area contributed by atoms with Crippen LogP contribution in [0.25, 0.3) is 4.91 Å². The number of carbonyl (C=O) groups excluding carboxylic acids is 5. The molecule has 0 radical (unpaired) electrons. The van der Waals surface area contributed by atoms with Crippen LogP contribution in [0.4, 0.5) is 4.79 Å². The molecule has 5 aliphatic heterocycles. The maximum Gasteiger partial charge on any atom is 0.326 e. The summed E-state index contributed by atoms with van der Waals surface area (Å²) >= 11 is 14.8. The van der Waals surface area contributed by atoms with E-state index < -0.39 is 28.6 Å². The van der Waals surface area contributed by atoms with Gasteiger partial charge in [-0.25, -0.2) is 4.79 Å². The van der Waals surface area contributed by atoms with Crippen LogP contribution in [0.5, 0.6) is 5.75 Å². The van der Waals surface area contributed by atoms with Gasteiger partial charge >= 0.3 is 6.03 Å². The van der Waals surface area contributed by atoms with Crippen LogP contribution in [0.3, 0.4) is 0 Å². The standard InChI is InChI=1S/C64H81Cl2N9O6S/c1-11-81-52-37-47(61(3,4)5)22-27-50(52)56-70-63(9,45-18-23-48(65)24-19-45)64(10,46-20-25-49(66)26-21-46)75(56)60(80)73-35-33-71(34-36-73)39-53(76)72-31-28-44(29-32-72)57(77)69-55(62(6,7)8)59(79)74-30-12-13-51(74)58(78)67-38-42-14-16-43(17-15-42)54-41(2)68-40-82-54/h14-27,37,44,51,55,68H,11-13,28-36,38-40H2,1-10H3,(H,67,78)(H,69,77)/t51-,55+,63+,64-/m0/s1. The van der Waals surface area contributed by atoms with Gasteiger partial charge in [0.25, 0.3) is 0 Å². The molecule has 3 saturated heterocycles. The average Bonchev–Trinajstić information content (AvgIpc) is 1.75. The quantitative estimate of drug-likeness (QED) is 0.112. The number of hydrogen-bond donors (Lipinski definition) is 3. The Bertz CT molecular complexity index is 3090. The summed E-state index contributed by atoms with van der Waals surface area (Å²) in [6.45, 7) is 24.3. The number of benzene rings is 4. The van der Waals surface area contributed by atoms with E-state index in [1.807, 2.05) is 109 Å². The number of piperazine rings is 1. The first kappa shape index (κ1) is 60.5. The molecule has 4 atom stereocenters. The maximum absolute atomic E-state index is 15.7. The van der Waals surface area contributed by atoms with Crippen molar-refractivity contribution in [3.63, 3.8) is 0 Å². The number of piperidine rings is 1. The Balaban J connectivity index is 0.828. The number of urea groups is 1. The molecule has 0 spiro atoms. The normalized spacial score (nSPS) is 22.2. The summed E-state index contributed by atoms with van der Waals surface area (Å²) < 4.78 is 6.39. The Morgan fingerprint density at radius 1 is 0.780 bits per heavy atom. The summed E-state index contributed by atoms with van der Waals surface area (Å²) in [6, 6.07) is 27.9. The second-order valence-electron chi connectivity index (χ2n) is 24.9. The molecule has 9 rings (SSSR count). The van der Waals surface area contributed by atoms with Gasteiger partial charge in [0.1, 0.15) is 34.7 Å². The van der Waals surface area contributed by atoms with E-state index in [4.69, 9.17) is 32.9 Å². The van der Waals surface area contributed by atoms with Crippen molar-refractivity contribution in [2.75, 3.05) is 64.8 Å². The van der Waals surface area contributed by atoms with E-state index in [0.717, 1.165) is 39.4 Å². The summed E-state index contributed by atoms with van der Waals surface area (Å²) in [4.78, 5) is 87.9. The minimum atomic E-state index is -1.09. The van der Waals surface area contributed by atoms with Crippen molar-refractivity contribution in [3.8, 4) is 5.75 Å². The van der Waals surface area contributed by atoms with Crippen molar-refractivity contribution in [2.24, 2.45) is 16.3 Å². The van der Waals surface area contributed by atoms with Gasteiger partial charge in [0, 0.05) is 78.9 Å². The van der Waals surface area contributed by atoms with Gasteiger partial charge in [-0.1, -0.05) is 119 Å². The summed E-state index contributed by atoms with van der Waals surface area (Å²) in [5.41, 5.74) is 3.87. The third-order valence-electron chi connectivity index (χ3n) is 17.4. The van der Waals surface area contributed by atoms with Gasteiger partial charge in [0.15, 0.2) is 0 Å². The fraction of sp³-hybridized carbons (Fsp3) is 0.500. The molecule has 3 N–H and O–H groups in total. The number of allylic oxidation sites excluding steroid dienone is 1. The number of aliphatic imine (C=N–C) groups is 1. The van der Waals surface area contributed by atoms with Gasteiger partial charge in [0.05, 0.1) is 24.6 Å². The molecule has 4 aromatic carbocycles. The fourth-order valence-corrected chi connectivity index (χ4v) is 13.4. The lowest BCUT2D eigenvalue weighted by atomic mass is 9.71. The van der Waals surface area contributed by atoms with Gasteiger partial charge in [-0.05, 0) is 128 Å². The van der Waals surface area contributed by atoms with Gasteiger partial charge in [-0.15, -0.1) is 11.8 Å². The molecular weight excluding hydrogens is 1090 g/mol. The van der Waals surface area contributed by atoms with Crippen molar-refractivity contribution in [1.29, 1.82) is 0 Å². The molecule has 15 nitrogen and oxygen atoms in total. The monoisotopic (exact) mass is 1170 g/mol. The van der Waals surface area contributed by atoms with Crippen LogP contribution in [-0.2, 0) is 42.2 Å². The van der Waals surface area contributed by atoms with E-state index in [1.165, 1.54) is 4.91 Å². The summed E-state index contributed by atoms with van der Waals surface area (Å²) in [7, 11) is 0. The van der Waals surface area contributed by atoms with Crippen LogP contribution in [0.1, 0.15) is 128 Å². The maximum atomic E-state index is 15.7. The number of nitrogens with one attached hydrogen (secondary N) is 3. The van der Waals surface area contributed by atoms with E-state index in [9.17, 15) is 19.2 Å². The highest BCUT2D eigenvalue weighted by Crippen LogP contribution is 2.54. The molecule has 0 bridgehead atoms. The first-order valence-corrected chi connectivity index (χ1v) is 30.7. The van der Waals surface area contributed by atoms with Gasteiger partial charge in [-0.3, -0.25) is 34.0 Å². The smallest absolute Gasteiger partial charge is 0.326 e. The molecule has 0 unspecified atom stereocenters. The van der Waals surface area contributed by atoms with Gasteiger partial charge in [-0.2, -0.15) is 0 Å². The van der Waals surface area contributed by atoms with Crippen molar-refractivity contribution >= 4 is 75.4 Å². The van der Waals surface area contributed by atoms with Crippen LogP contribution in [0.15, 0.2) is 102 Å². The molecular formula is C64H81Cl2N9O6S. The molecule has 82 heavy (non-hydrogen) atoms. The highest BCUT2D eigenvalue weighted by Gasteiger charge is 2.60. The molecule has 0 aromatic heterocycles. The highest BCUT2D eigenvalue weighted by molar-refractivity contribution is 8.08. The lowest BCUT2D eigenvalue weighted by molar-refractivity contribution is -0.145. The molecule has 438 valence electrons. The number of amidine groups is 1. The summed E-state index contributed by atoms with van der Waals surface area (Å²) in [6.07, 6.45) is 2.16. The highest BCUT2D eigenvalue weighted by atomic mass is 35.5. The predicted octanol–water partition coefficient (Wildman–Crippen LogP) is 10.4. The number of likely N-dealkylation sites (tertiary alicyclic amines) is 2. The third-order valence-corrected chi connectivity index (χ3v) is 19.0. The van der Waals surface area contributed by atoms with Crippen molar-refractivity contribution < 1.29 is 28.7 Å². The molecule has 4 aromatic rings. The molecule has 6 amide bonds. The van der Waals surface area contributed by atoms with Crippen LogP contribution in [-0.4, -0.2) is 137 Å². The molecule has 5 aliphatic rings. The minimum Gasteiger partial charge on any atom is -0.493 e. The van der Waals surface area contributed by atoms with E-state index in [-0.39, 0.29) is 47.5 Å². The second-order valence-corrected chi connectivity index (χ2v) is 26.7. The number of nitrogens with zero attached hydrogens (tertiary/aromatic N) is 6. The number of hydrogen-bond acceptors (Lipinski definition) is 10. The number of carbonyl (C=O) groups is 5. The average molecular weight is 1180 g/mol. The molecule has 5 heterocycles.